The Labute approximate surface area is 74.7 Å². The summed E-state index contributed by atoms with van der Waals surface area (Å²) < 4.78 is 0. The Bertz CT molecular complexity index is 126. The van der Waals surface area contributed by atoms with Crippen LogP contribution >= 0.6 is 0 Å². The number of carbonyl (C=O) groups is 1. The average Bonchev–Trinajstić information content (AvgIpc) is 2.11. The Morgan fingerprint density at radius 2 is 2.08 bits per heavy atom. The fourth-order valence-corrected chi connectivity index (χ4v) is 1.18. The van der Waals surface area contributed by atoms with E-state index in [1.165, 1.54) is 12.8 Å². The van der Waals surface area contributed by atoms with Crippen molar-refractivity contribution in [2.45, 2.75) is 52.0 Å². The van der Waals surface area contributed by atoms with E-state index in [-0.39, 0.29) is 11.8 Å². The lowest BCUT2D eigenvalue weighted by Crippen LogP contribution is -2.41. The Hall–Kier alpha value is -0.410. The van der Waals surface area contributed by atoms with Gasteiger partial charge in [-0.15, -0.1) is 0 Å². The lowest BCUT2D eigenvalue weighted by Gasteiger charge is -2.12. The minimum absolute atomic E-state index is 0.124. The van der Waals surface area contributed by atoms with Gasteiger partial charge in [-0.25, -0.2) is 5.43 Å². The molecule has 0 amide bonds. The summed E-state index contributed by atoms with van der Waals surface area (Å²) in [6.45, 7) is 4.01. The number of hydrazine groups is 1. The van der Waals surface area contributed by atoms with Gasteiger partial charge in [0.2, 0.25) is 0 Å². The average molecular weight is 172 g/mol. The standard InChI is InChI=1S/C9H20N2O/c1-3-5-6-7-8(11-10)9(12)4-2/h8,11H,3-7,10H2,1-2H3. The SMILES string of the molecule is CCCCCC(NN)C(=O)CC. The molecule has 0 rings (SSSR count). The van der Waals surface area contributed by atoms with E-state index in [4.69, 9.17) is 5.84 Å². The van der Waals surface area contributed by atoms with Gasteiger partial charge in [0.15, 0.2) is 5.78 Å². The first kappa shape index (κ1) is 11.6. The predicted octanol–water partition coefficient (Wildman–Crippen LogP) is 1.38. The molecule has 3 N–H and O–H groups in total. The van der Waals surface area contributed by atoms with Crippen molar-refractivity contribution in [3.05, 3.63) is 0 Å². The first-order chi connectivity index (χ1) is 5.76. The van der Waals surface area contributed by atoms with Crippen LogP contribution in [0, 0.1) is 0 Å². The Balaban J connectivity index is 3.60. The van der Waals surface area contributed by atoms with Crippen LogP contribution in [0.5, 0.6) is 0 Å². The molecule has 3 nitrogen and oxygen atoms in total. The number of hydrogen-bond donors (Lipinski definition) is 2. The molecule has 0 fully saturated rings. The van der Waals surface area contributed by atoms with Crippen molar-refractivity contribution in [1.82, 2.24) is 5.43 Å². The summed E-state index contributed by atoms with van der Waals surface area (Å²) in [5.74, 6) is 5.48. The lowest BCUT2D eigenvalue weighted by atomic mass is 10.0. The van der Waals surface area contributed by atoms with Crippen LogP contribution < -0.4 is 11.3 Å². The van der Waals surface area contributed by atoms with Crippen LogP contribution in [0.2, 0.25) is 0 Å². The number of rotatable bonds is 7. The van der Waals surface area contributed by atoms with Crippen molar-refractivity contribution in [2.24, 2.45) is 5.84 Å². The molecule has 3 heteroatoms. The number of unbranched alkanes of at least 4 members (excludes halogenated alkanes) is 2. The number of Topliss-reactive ketones (excluding diaryl/α,β-unsaturated/α-hetero) is 1. The van der Waals surface area contributed by atoms with Gasteiger partial charge >= 0.3 is 0 Å². The van der Waals surface area contributed by atoms with Crippen LogP contribution in [0.25, 0.3) is 0 Å². The fourth-order valence-electron chi connectivity index (χ4n) is 1.18. The minimum Gasteiger partial charge on any atom is -0.298 e. The van der Waals surface area contributed by atoms with Gasteiger partial charge < -0.3 is 0 Å². The molecule has 0 aromatic rings. The van der Waals surface area contributed by atoms with E-state index in [9.17, 15) is 4.79 Å². The molecular formula is C9H20N2O. The summed E-state index contributed by atoms with van der Waals surface area (Å²) in [6.07, 6.45) is 4.88. The zero-order valence-corrected chi connectivity index (χ0v) is 8.10. The lowest BCUT2D eigenvalue weighted by molar-refractivity contribution is -0.120. The fraction of sp³-hybridized carbons (Fsp3) is 0.889. The zero-order chi connectivity index (χ0) is 9.40. The van der Waals surface area contributed by atoms with E-state index in [0.717, 1.165) is 12.8 Å². The molecule has 0 aliphatic rings. The molecule has 0 spiro atoms. The van der Waals surface area contributed by atoms with Gasteiger partial charge in [0.1, 0.15) is 0 Å². The van der Waals surface area contributed by atoms with E-state index in [0.29, 0.717) is 6.42 Å². The molecule has 0 aromatic heterocycles. The van der Waals surface area contributed by atoms with Gasteiger partial charge in [0.05, 0.1) is 6.04 Å². The Kier molecular flexibility index (Phi) is 7.00. The number of ketones is 1. The van der Waals surface area contributed by atoms with Crippen LogP contribution in [-0.4, -0.2) is 11.8 Å². The van der Waals surface area contributed by atoms with Gasteiger partial charge in [-0.1, -0.05) is 33.1 Å². The summed E-state index contributed by atoms with van der Waals surface area (Å²) in [7, 11) is 0. The van der Waals surface area contributed by atoms with Crippen molar-refractivity contribution in [1.29, 1.82) is 0 Å². The highest BCUT2D eigenvalue weighted by Gasteiger charge is 2.13. The van der Waals surface area contributed by atoms with Gasteiger partial charge in [-0.3, -0.25) is 10.6 Å². The minimum atomic E-state index is -0.124. The highest BCUT2D eigenvalue weighted by molar-refractivity contribution is 5.83. The molecule has 12 heavy (non-hydrogen) atoms. The molecule has 0 heterocycles. The number of carbonyl (C=O) groups excluding carboxylic acids is 1. The second-order valence-corrected chi connectivity index (χ2v) is 3.03. The van der Waals surface area contributed by atoms with Crippen molar-refractivity contribution >= 4 is 5.78 Å². The van der Waals surface area contributed by atoms with E-state index in [2.05, 4.69) is 12.3 Å². The van der Waals surface area contributed by atoms with Crippen LogP contribution in [0.4, 0.5) is 0 Å². The van der Waals surface area contributed by atoms with Gasteiger partial charge in [0, 0.05) is 6.42 Å². The van der Waals surface area contributed by atoms with Crippen molar-refractivity contribution in [3.8, 4) is 0 Å². The highest BCUT2D eigenvalue weighted by Crippen LogP contribution is 2.04. The molecular weight excluding hydrogens is 152 g/mol. The summed E-state index contributed by atoms with van der Waals surface area (Å²) >= 11 is 0. The van der Waals surface area contributed by atoms with Crippen LogP contribution in [-0.2, 0) is 4.79 Å². The zero-order valence-electron chi connectivity index (χ0n) is 8.10. The largest absolute Gasteiger partial charge is 0.298 e. The molecule has 0 aliphatic carbocycles. The van der Waals surface area contributed by atoms with E-state index in [1.54, 1.807) is 0 Å². The second kappa shape index (κ2) is 7.25. The monoisotopic (exact) mass is 172 g/mol. The summed E-state index contributed by atoms with van der Waals surface area (Å²) in [5, 5.41) is 0. The molecule has 72 valence electrons. The normalized spacial score (nSPS) is 12.9. The molecule has 1 atom stereocenters. The maximum absolute atomic E-state index is 11.2. The molecule has 0 aromatic carbocycles. The van der Waals surface area contributed by atoms with Gasteiger partial charge in [-0.2, -0.15) is 0 Å². The molecule has 1 unspecified atom stereocenters. The van der Waals surface area contributed by atoms with E-state index >= 15 is 0 Å². The summed E-state index contributed by atoms with van der Waals surface area (Å²) in [4.78, 5) is 11.2. The van der Waals surface area contributed by atoms with Gasteiger partial charge in [-0.05, 0) is 6.42 Å². The van der Waals surface area contributed by atoms with Crippen LogP contribution in [0.15, 0.2) is 0 Å². The topological polar surface area (TPSA) is 55.1 Å². The molecule has 0 saturated carbocycles. The highest BCUT2D eigenvalue weighted by atomic mass is 16.1. The number of nitrogens with two attached hydrogens (primary N) is 1. The predicted molar refractivity (Wildman–Crippen MR) is 50.6 cm³/mol. The quantitative estimate of drug-likeness (QED) is 0.346. The van der Waals surface area contributed by atoms with Crippen molar-refractivity contribution in [2.75, 3.05) is 0 Å². The van der Waals surface area contributed by atoms with Crippen LogP contribution in [0.1, 0.15) is 46.0 Å². The third-order valence-electron chi connectivity index (χ3n) is 2.03. The van der Waals surface area contributed by atoms with Crippen molar-refractivity contribution in [3.63, 3.8) is 0 Å². The molecule has 0 radical (unpaired) electrons. The third kappa shape index (κ3) is 4.46. The van der Waals surface area contributed by atoms with Gasteiger partial charge in [0.25, 0.3) is 0 Å². The maximum Gasteiger partial charge on any atom is 0.150 e. The Morgan fingerprint density at radius 1 is 1.42 bits per heavy atom. The first-order valence-electron chi connectivity index (χ1n) is 4.75. The smallest absolute Gasteiger partial charge is 0.150 e. The molecule has 0 saturated heterocycles. The molecule has 0 aliphatic heterocycles. The van der Waals surface area contributed by atoms with Crippen LogP contribution in [0.3, 0.4) is 0 Å². The van der Waals surface area contributed by atoms with E-state index < -0.39 is 0 Å². The second-order valence-electron chi connectivity index (χ2n) is 3.03. The maximum atomic E-state index is 11.2. The molecule has 0 bridgehead atoms. The third-order valence-corrected chi connectivity index (χ3v) is 2.03. The summed E-state index contributed by atoms with van der Waals surface area (Å²) in [6, 6.07) is -0.124. The summed E-state index contributed by atoms with van der Waals surface area (Å²) in [5.41, 5.74) is 2.56. The number of nitrogens with one attached hydrogen (secondary N) is 1. The van der Waals surface area contributed by atoms with E-state index in [1.807, 2.05) is 6.92 Å². The Morgan fingerprint density at radius 3 is 2.50 bits per heavy atom. The number of hydrogen-bond acceptors (Lipinski definition) is 3. The first-order valence-corrected chi connectivity index (χ1v) is 4.75. The van der Waals surface area contributed by atoms with Crippen molar-refractivity contribution < 1.29 is 4.79 Å².